The maximum atomic E-state index is 13.0. The minimum atomic E-state index is -3.41. The zero-order valence-electron chi connectivity index (χ0n) is 14.3. The Balaban J connectivity index is 1.50. The van der Waals surface area contributed by atoms with Crippen LogP contribution in [0, 0.1) is 0 Å². The lowest BCUT2D eigenvalue weighted by Gasteiger charge is -2.35. The molecule has 1 aliphatic carbocycles. The van der Waals surface area contributed by atoms with Crippen molar-refractivity contribution in [2.24, 2.45) is 0 Å². The van der Waals surface area contributed by atoms with Gasteiger partial charge in [-0.2, -0.15) is 4.31 Å². The molecule has 2 aromatic rings. The molecule has 1 aromatic heterocycles. The third-order valence-electron chi connectivity index (χ3n) is 5.22. The summed E-state index contributed by atoms with van der Waals surface area (Å²) in [6.45, 7) is 2.44. The lowest BCUT2D eigenvalue weighted by Crippen LogP contribution is -2.48. The largest absolute Gasteiger partial charge is 0.369 e. The number of hydrogen-bond acceptors (Lipinski definition) is 4. The van der Waals surface area contributed by atoms with Gasteiger partial charge in [0.2, 0.25) is 10.0 Å². The smallest absolute Gasteiger partial charge is 0.243 e. The minimum absolute atomic E-state index is 0.450. The van der Waals surface area contributed by atoms with Crippen LogP contribution in [0.4, 0.5) is 5.69 Å². The molecular formula is C19H23N3O2S. The molecule has 0 radical (unpaired) electrons. The molecule has 5 nitrogen and oxygen atoms in total. The van der Waals surface area contributed by atoms with Crippen LogP contribution in [0.15, 0.2) is 47.6 Å². The van der Waals surface area contributed by atoms with E-state index in [1.807, 2.05) is 24.3 Å². The molecule has 2 aliphatic rings. The number of aromatic nitrogens is 1. The van der Waals surface area contributed by atoms with E-state index in [1.54, 1.807) is 22.8 Å². The van der Waals surface area contributed by atoms with E-state index in [-0.39, 0.29) is 0 Å². The number of nitrogens with zero attached hydrogens (tertiary/aromatic N) is 3. The lowest BCUT2D eigenvalue weighted by atomic mass is 9.92. The summed E-state index contributed by atoms with van der Waals surface area (Å²) < 4.78 is 27.6. The first kappa shape index (κ1) is 16.5. The number of piperazine rings is 1. The van der Waals surface area contributed by atoms with Crippen molar-refractivity contribution in [1.82, 2.24) is 9.29 Å². The van der Waals surface area contributed by atoms with Gasteiger partial charge in [0, 0.05) is 44.3 Å². The van der Waals surface area contributed by atoms with Crippen LogP contribution in [0.2, 0.25) is 0 Å². The zero-order chi connectivity index (χ0) is 17.3. The summed E-state index contributed by atoms with van der Waals surface area (Å²) in [5.41, 5.74) is 3.62. The first-order valence-corrected chi connectivity index (χ1v) is 10.4. The second-order valence-corrected chi connectivity index (χ2v) is 8.67. The Kier molecular flexibility index (Phi) is 4.48. The fourth-order valence-corrected chi connectivity index (χ4v) is 5.23. The van der Waals surface area contributed by atoms with Crippen LogP contribution in [0.3, 0.4) is 0 Å². The molecule has 0 unspecified atom stereocenters. The molecule has 0 bridgehead atoms. The molecule has 132 valence electrons. The number of fused-ring (bicyclic) bond motifs is 1. The predicted molar refractivity (Wildman–Crippen MR) is 98.3 cm³/mol. The molecule has 0 saturated carbocycles. The number of pyridine rings is 1. The third kappa shape index (κ3) is 3.28. The van der Waals surface area contributed by atoms with Crippen molar-refractivity contribution >= 4 is 15.7 Å². The highest BCUT2D eigenvalue weighted by atomic mass is 32.2. The van der Waals surface area contributed by atoms with Crippen molar-refractivity contribution in [2.45, 2.75) is 30.6 Å². The number of rotatable bonds is 3. The Morgan fingerprint density at radius 1 is 0.840 bits per heavy atom. The van der Waals surface area contributed by atoms with E-state index in [0.29, 0.717) is 31.1 Å². The summed E-state index contributed by atoms with van der Waals surface area (Å²) >= 11 is 0. The standard InChI is InChI=1S/C19H23N3O2S/c23-25(24,19-6-5-16-3-1-2-4-17(16)15-19)22-13-11-21(12-14-22)18-7-9-20-10-8-18/h5-10,15H,1-4,11-14H2. The van der Waals surface area contributed by atoms with Gasteiger partial charge in [-0.05, 0) is 61.1 Å². The maximum Gasteiger partial charge on any atom is 0.243 e. The molecule has 6 heteroatoms. The Labute approximate surface area is 149 Å². The predicted octanol–water partition coefficient (Wildman–Crippen LogP) is 2.47. The lowest BCUT2D eigenvalue weighted by molar-refractivity contribution is 0.385. The van der Waals surface area contributed by atoms with Crippen molar-refractivity contribution in [3.8, 4) is 0 Å². The first-order valence-electron chi connectivity index (χ1n) is 8.91. The second kappa shape index (κ2) is 6.77. The van der Waals surface area contributed by atoms with Crippen LogP contribution in [-0.4, -0.2) is 43.9 Å². The van der Waals surface area contributed by atoms with Crippen LogP contribution in [0.25, 0.3) is 0 Å². The van der Waals surface area contributed by atoms with E-state index in [0.717, 1.165) is 24.9 Å². The Morgan fingerprint density at radius 3 is 2.24 bits per heavy atom. The molecule has 0 spiro atoms. The fourth-order valence-electron chi connectivity index (χ4n) is 3.76. The monoisotopic (exact) mass is 357 g/mol. The fraction of sp³-hybridized carbons (Fsp3) is 0.421. The highest BCUT2D eigenvalue weighted by Gasteiger charge is 2.29. The van der Waals surface area contributed by atoms with E-state index in [4.69, 9.17) is 0 Å². The molecular weight excluding hydrogens is 334 g/mol. The average molecular weight is 357 g/mol. The van der Waals surface area contributed by atoms with E-state index < -0.39 is 10.0 Å². The van der Waals surface area contributed by atoms with Gasteiger partial charge in [0.05, 0.1) is 4.90 Å². The van der Waals surface area contributed by atoms with Gasteiger partial charge >= 0.3 is 0 Å². The number of aryl methyl sites for hydroxylation is 2. The van der Waals surface area contributed by atoms with Crippen molar-refractivity contribution in [1.29, 1.82) is 0 Å². The maximum absolute atomic E-state index is 13.0. The molecule has 4 rings (SSSR count). The van der Waals surface area contributed by atoms with Gasteiger partial charge in [-0.25, -0.2) is 8.42 Å². The van der Waals surface area contributed by atoms with Crippen LogP contribution < -0.4 is 4.90 Å². The molecule has 0 N–H and O–H groups in total. The highest BCUT2D eigenvalue weighted by molar-refractivity contribution is 7.89. The number of anilines is 1. The topological polar surface area (TPSA) is 53.5 Å². The summed E-state index contributed by atoms with van der Waals surface area (Å²) in [6.07, 6.45) is 7.96. The van der Waals surface area contributed by atoms with E-state index in [1.165, 1.54) is 17.5 Å². The van der Waals surface area contributed by atoms with Crippen molar-refractivity contribution in [3.05, 3.63) is 53.9 Å². The van der Waals surface area contributed by atoms with Gasteiger partial charge in [0.15, 0.2) is 0 Å². The molecule has 1 saturated heterocycles. The van der Waals surface area contributed by atoms with Crippen LogP contribution in [0.5, 0.6) is 0 Å². The van der Waals surface area contributed by atoms with E-state index >= 15 is 0 Å². The summed E-state index contributed by atoms with van der Waals surface area (Å²) in [4.78, 5) is 6.69. The molecule has 1 aliphatic heterocycles. The Morgan fingerprint density at radius 2 is 1.52 bits per heavy atom. The summed E-state index contributed by atoms with van der Waals surface area (Å²) in [5, 5.41) is 0. The highest BCUT2D eigenvalue weighted by Crippen LogP contribution is 2.26. The van der Waals surface area contributed by atoms with E-state index in [9.17, 15) is 8.42 Å². The average Bonchev–Trinajstić information content (AvgIpc) is 2.68. The summed E-state index contributed by atoms with van der Waals surface area (Å²) in [5.74, 6) is 0. The molecule has 1 aromatic carbocycles. The van der Waals surface area contributed by atoms with Gasteiger partial charge in [-0.3, -0.25) is 4.98 Å². The van der Waals surface area contributed by atoms with Crippen LogP contribution in [0.1, 0.15) is 24.0 Å². The quantitative estimate of drug-likeness (QED) is 0.847. The van der Waals surface area contributed by atoms with Gasteiger partial charge < -0.3 is 4.90 Å². The first-order chi connectivity index (χ1) is 12.1. The summed E-state index contributed by atoms with van der Waals surface area (Å²) in [6, 6.07) is 9.63. The van der Waals surface area contributed by atoms with Crippen molar-refractivity contribution in [3.63, 3.8) is 0 Å². The van der Waals surface area contributed by atoms with Gasteiger partial charge in [0.25, 0.3) is 0 Å². The van der Waals surface area contributed by atoms with Crippen molar-refractivity contribution < 1.29 is 8.42 Å². The minimum Gasteiger partial charge on any atom is -0.369 e. The SMILES string of the molecule is O=S(=O)(c1ccc2c(c1)CCCC2)N1CCN(c2ccncc2)CC1. The normalized spacial score (nSPS) is 18.8. The van der Waals surface area contributed by atoms with Gasteiger partial charge in [0.1, 0.15) is 0 Å². The second-order valence-electron chi connectivity index (χ2n) is 6.73. The van der Waals surface area contributed by atoms with Gasteiger partial charge in [-0.1, -0.05) is 6.07 Å². The molecule has 25 heavy (non-hydrogen) atoms. The number of sulfonamides is 1. The summed E-state index contributed by atoms with van der Waals surface area (Å²) in [7, 11) is -3.41. The third-order valence-corrected chi connectivity index (χ3v) is 7.12. The zero-order valence-corrected chi connectivity index (χ0v) is 15.1. The molecule has 0 atom stereocenters. The van der Waals surface area contributed by atoms with E-state index in [2.05, 4.69) is 9.88 Å². The van der Waals surface area contributed by atoms with Gasteiger partial charge in [-0.15, -0.1) is 0 Å². The molecule has 2 heterocycles. The Hall–Kier alpha value is -1.92. The Bertz CT molecular complexity index is 844. The number of benzene rings is 1. The van der Waals surface area contributed by atoms with Crippen molar-refractivity contribution in [2.75, 3.05) is 31.1 Å². The number of hydrogen-bond donors (Lipinski definition) is 0. The van der Waals surface area contributed by atoms with Crippen LogP contribution >= 0.6 is 0 Å². The van der Waals surface area contributed by atoms with Crippen LogP contribution in [-0.2, 0) is 22.9 Å². The molecule has 1 fully saturated rings. The molecule has 0 amide bonds.